The molecule has 1 spiro atoms. The Hall–Kier alpha value is -3.84. The molecule has 2 aliphatic rings. The van der Waals surface area contributed by atoms with E-state index in [4.69, 9.17) is 4.74 Å². The molecule has 0 radical (unpaired) electrons. The molecule has 3 heterocycles. The van der Waals surface area contributed by atoms with Crippen molar-refractivity contribution in [3.05, 3.63) is 53.5 Å². The van der Waals surface area contributed by atoms with Crippen molar-refractivity contribution >= 4 is 23.8 Å². The molecule has 204 valence electrons. The van der Waals surface area contributed by atoms with Crippen LogP contribution in [0, 0.1) is 11.6 Å². The van der Waals surface area contributed by atoms with E-state index in [0.29, 0.717) is 23.4 Å². The van der Waals surface area contributed by atoms with Crippen LogP contribution in [0.25, 0.3) is 0 Å². The summed E-state index contributed by atoms with van der Waals surface area (Å²) in [4.78, 5) is 49.7. The molecule has 9 nitrogen and oxygen atoms in total. The lowest BCUT2D eigenvalue weighted by atomic mass is 9.85. The van der Waals surface area contributed by atoms with Crippen LogP contribution in [0.2, 0.25) is 0 Å². The molecule has 0 bridgehead atoms. The van der Waals surface area contributed by atoms with E-state index in [0.717, 1.165) is 17.0 Å². The monoisotopic (exact) mass is 541 g/mol. The van der Waals surface area contributed by atoms with Crippen LogP contribution in [0.3, 0.4) is 0 Å². The van der Waals surface area contributed by atoms with Crippen molar-refractivity contribution in [2.75, 3.05) is 18.0 Å². The molecule has 0 N–H and O–H groups in total. The van der Waals surface area contributed by atoms with Gasteiger partial charge in [0.25, 0.3) is 5.91 Å². The molecule has 4 rings (SSSR count). The van der Waals surface area contributed by atoms with Gasteiger partial charge in [-0.2, -0.15) is 13.2 Å². The Kier molecular flexibility index (Phi) is 6.78. The van der Waals surface area contributed by atoms with Gasteiger partial charge in [-0.15, -0.1) is 0 Å². The fourth-order valence-corrected chi connectivity index (χ4v) is 4.47. The van der Waals surface area contributed by atoms with Gasteiger partial charge < -0.3 is 14.5 Å². The molecular formula is C24H24F5N5O4. The van der Waals surface area contributed by atoms with Crippen LogP contribution in [0.15, 0.2) is 30.6 Å². The summed E-state index contributed by atoms with van der Waals surface area (Å²) in [5, 5.41) is 0. The average molecular weight is 541 g/mol. The number of halogens is 5. The van der Waals surface area contributed by atoms with E-state index >= 15 is 0 Å². The van der Waals surface area contributed by atoms with Gasteiger partial charge in [0.1, 0.15) is 22.8 Å². The van der Waals surface area contributed by atoms with Gasteiger partial charge in [0.05, 0.1) is 12.4 Å². The summed E-state index contributed by atoms with van der Waals surface area (Å²) in [6.45, 7) is 4.72. The van der Waals surface area contributed by atoms with Gasteiger partial charge in [-0.05, 0) is 51.3 Å². The third-order valence-corrected chi connectivity index (χ3v) is 6.20. The number of nitrogens with zero attached hydrogens (tertiary/aromatic N) is 5. The number of imide groups is 1. The quantitative estimate of drug-likeness (QED) is 0.419. The Morgan fingerprint density at radius 2 is 1.61 bits per heavy atom. The highest BCUT2D eigenvalue weighted by Gasteiger charge is 2.59. The van der Waals surface area contributed by atoms with Crippen LogP contribution >= 0.6 is 0 Å². The smallest absolute Gasteiger partial charge is 0.434 e. The second-order valence-electron chi connectivity index (χ2n) is 10.0. The SMILES string of the molecule is CC(C)(C)OC(=O)N1CCC2(CC1)C(=O)N(c1cnc(C(F)(F)F)cn1)C(=O)N2Cc1cc(F)cc(F)c1. The highest BCUT2D eigenvalue weighted by Crippen LogP contribution is 2.40. The van der Waals surface area contributed by atoms with E-state index in [1.165, 1.54) is 4.90 Å². The number of rotatable bonds is 3. The van der Waals surface area contributed by atoms with E-state index in [9.17, 15) is 36.3 Å². The zero-order chi connectivity index (χ0) is 28.0. The van der Waals surface area contributed by atoms with Crippen LogP contribution < -0.4 is 4.90 Å². The lowest BCUT2D eigenvalue weighted by Gasteiger charge is -2.42. The summed E-state index contributed by atoms with van der Waals surface area (Å²) in [5.41, 5.74) is -3.58. The maximum Gasteiger partial charge on any atom is 0.434 e. The zero-order valence-electron chi connectivity index (χ0n) is 20.7. The van der Waals surface area contributed by atoms with Crippen molar-refractivity contribution in [3.8, 4) is 0 Å². The number of urea groups is 1. The van der Waals surface area contributed by atoms with Gasteiger partial charge in [-0.1, -0.05) is 0 Å². The predicted octanol–water partition coefficient (Wildman–Crippen LogP) is 4.51. The minimum absolute atomic E-state index is 0.00841. The molecule has 2 aromatic rings. The standard InChI is InChI=1S/C24H24F5N5O4/c1-22(2,3)38-21(37)32-6-4-23(5-7-32)19(35)34(18-12-30-17(11-31-18)24(27,28)29)20(36)33(23)13-14-8-15(25)10-16(26)9-14/h8-12H,4-7,13H2,1-3H3. The number of piperidine rings is 1. The van der Waals surface area contributed by atoms with Crippen LogP contribution in [0.5, 0.6) is 0 Å². The molecule has 14 heteroatoms. The number of hydrogen-bond acceptors (Lipinski definition) is 6. The van der Waals surface area contributed by atoms with Crippen LogP contribution in [-0.4, -0.2) is 62.0 Å². The molecular weight excluding hydrogens is 517 g/mol. The molecule has 0 atom stereocenters. The number of amides is 4. The van der Waals surface area contributed by atoms with Gasteiger partial charge in [0.2, 0.25) is 0 Å². The second kappa shape index (κ2) is 9.48. The van der Waals surface area contributed by atoms with Gasteiger partial charge in [-0.3, -0.25) is 4.79 Å². The van der Waals surface area contributed by atoms with Crippen molar-refractivity contribution in [2.45, 2.75) is 57.5 Å². The van der Waals surface area contributed by atoms with Crippen LogP contribution in [0.1, 0.15) is 44.9 Å². The van der Waals surface area contributed by atoms with E-state index < -0.39 is 58.5 Å². The fraction of sp³-hybridized carbons (Fsp3) is 0.458. The Balaban J connectivity index is 1.67. The van der Waals surface area contributed by atoms with Crippen molar-refractivity contribution in [1.29, 1.82) is 0 Å². The summed E-state index contributed by atoms with van der Waals surface area (Å²) in [6, 6.07) is 1.72. The number of anilines is 1. The first-order valence-corrected chi connectivity index (χ1v) is 11.6. The molecule has 2 saturated heterocycles. The summed E-state index contributed by atoms with van der Waals surface area (Å²) in [6.07, 6.45) is -4.45. The predicted molar refractivity (Wildman–Crippen MR) is 122 cm³/mol. The van der Waals surface area contributed by atoms with Crippen LogP contribution in [0.4, 0.5) is 37.4 Å². The van der Waals surface area contributed by atoms with Crippen molar-refractivity contribution in [1.82, 2.24) is 19.8 Å². The van der Waals surface area contributed by atoms with Crippen molar-refractivity contribution in [3.63, 3.8) is 0 Å². The molecule has 2 aliphatic heterocycles. The molecule has 0 aliphatic carbocycles. The van der Waals surface area contributed by atoms with Crippen molar-refractivity contribution < 1.29 is 41.1 Å². The third kappa shape index (κ3) is 5.24. The minimum atomic E-state index is -4.78. The second-order valence-corrected chi connectivity index (χ2v) is 10.0. The number of hydrogen-bond donors (Lipinski definition) is 0. The maximum absolute atomic E-state index is 13.9. The number of benzene rings is 1. The Morgan fingerprint density at radius 1 is 1.00 bits per heavy atom. The maximum atomic E-state index is 13.9. The summed E-state index contributed by atoms with van der Waals surface area (Å²) in [5.74, 6) is -3.01. The van der Waals surface area contributed by atoms with Gasteiger partial charge in [0, 0.05) is 25.7 Å². The molecule has 1 aromatic heterocycles. The van der Waals surface area contributed by atoms with E-state index in [1.54, 1.807) is 20.8 Å². The Morgan fingerprint density at radius 3 is 2.11 bits per heavy atom. The lowest BCUT2D eigenvalue weighted by Crippen LogP contribution is -2.57. The molecule has 2 fully saturated rings. The topological polar surface area (TPSA) is 95.9 Å². The molecule has 4 amide bonds. The molecule has 1 aromatic carbocycles. The minimum Gasteiger partial charge on any atom is -0.444 e. The van der Waals surface area contributed by atoms with Crippen molar-refractivity contribution in [2.24, 2.45) is 0 Å². The largest absolute Gasteiger partial charge is 0.444 e. The van der Waals surface area contributed by atoms with Gasteiger partial charge in [-0.25, -0.2) is 33.2 Å². The molecule has 0 unspecified atom stereocenters. The number of likely N-dealkylation sites (tertiary alicyclic amines) is 1. The zero-order valence-corrected chi connectivity index (χ0v) is 20.7. The van der Waals surface area contributed by atoms with Gasteiger partial charge in [0.15, 0.2) is 11.5 Å². The fourth-order valence-electron chi connectivity index (χ4n) is 4.47. The summed E-state index contributed by atoms with van der Waals surface area (Å²) >= 11 is 0. The summed E-state index contributed by atoms with van der Waals surface area (Å²) < 4.78 is 72.0. The first-order valence-electron chi connectivity index (χ1n) is 11.6. The normalized spacial score (nSPS) is 17.9. The number of ether oxygens (including phenoxy) is 1. The molecule has 0 saturated carbocycles. The number of carbonyl (C=O) groups is 3. The highest BCUT2D eigenvalue weighted by atomic mass is 19.4. The Labute approximate surface area is 214 Å². The Bertz CT molecular complexity index is 1230. The number of alkyl halides is 3. The van der Waals surface area contributed by atoms with Crippen LogP contribution in [-0.2, 0) is 22.3 Å². The first kappa shape index (κ1) is 27.2. The first-order chi connectivity index (χ1) is 17.6. The summed E-state index contributed by atoms with van der Waals surface area (Å²) in [7, 11) is 0. The number of aromatic nitrogens is 2. The van der Waals surface area contributed by atoms with E-state index in [-0.39, 0.29) is 38.0 Å². The highest BCUT2D eigenvalue weighted by molar-refractivity contribution is 6.22. The average Bonchev–Trinajstić information content (AvgIpc) is 2.98. The third-order valence-electron chi connectivity index (χ3n) is 6.20. The lowest BCUT2D eigenvalue weighted by molar-refractivity contribution is -0.141. The van der Waals surface area contributed by atoms with Gasteiger partial charge >= 0.3 is 18.3 Å². The molecule has 38 heavy (non-hydrogen) atoms. The van der Waals surface area contributed by atoms with E-state index in [1.807, 2.05) is 0 Å². The number of carbonyl (C=O) groups excluding carboxylic acids is 3. The van der Waals surface area contributed by atoms with E-state index in [2.05, 4.69) is 9.97 Å².